The number of amides is 1. The molecule has 0 aromatic heterocycles. The van der Waals surface area contributed by atoms with Crippen molar-refractivity contribution in [3.63, 3.8) is 0 Å². The van der Waals surface area contributed by atoms with Gasteiger partial charge in [-0.1, -0.05) is 6.92 Å². The molecule has 2 fully saturated rings. The van der Waals surface area contributed by atoms with Crippen molar-refractivity contribution < 1.29 is 4.79 Å². The highest BCUT2D eigenvalue weighted by Crippen LogP contribution is 2.34. The van der Waals surface area contributed by atoms with Crippen LogP contribution in [-0.2, 0) is 4.79 Å². The number of carbonyl (C=O) groups is 1. The predicted octanol–water partition coefficient (Wildman–Crippen LogP) is 1.12. The largest absolute Gasteiger partial charge is 0.356 e. The first-order valence-corrected chi connectivity index (χ1v) is 7.42. The molecule has 18 heavy (non-hydrogen) atoms. The SMILES string of the molecule is CCCNC(=O)CCNC1CC2CCC(C1)N2C. The van der Waals surface area contributed by atoms with E-state index in [1.807, 2.05) is 0 Å². The monoisotopic (exact) mass is 253 g/mol. The van der Waals surface area contributed by atoms with E-state index in [2.05, 4.69) is 29.5 Å². The quantitative estimate of drug-likeness (QED) is 0.745. The smallest absolute Gasteiger partial charge is 0.221 e. The summed E-state index contributed by atoms with van der Waals surface area (Å²) in [6, 6.07) is 2.17. The van der Waals surface area contributed by atoms with Crippen LogP contribution in [0.4, 0.5) is 0 Å². The standard InChI is InChI=1S/C14H27N3O/c1-3-7-16-14(18)6-8-15-11-9-12-4-5-13(10-11)17(12)2/h11-13,15H,3-10H2,1-2H3,(H,16,18). The lowest BCUT2D eigenvalue weighted by Gasteiger charge is -2.36. The number of fused-ring (bicyclic) bond motifs is 2. The van der Waals surface area contributed by atoms with Crippen LogP contribution in [0.3, 0.4) is 0 Å². The molecular formula is C14H27N3O. The Labute approximate surface area is 110 Å². The Morgan fingerprint density at radius 2 is 1.89 bits per heavy atom. The van der Waals surface area contributed by atoms with Crippen LogP contribution in [0.1, 0.15) is 45.4 Å². The third-order valence-corrected chi connectivity index (χ3v) is 4.46. The van der Waals surface area contributed by atoms with Gasteiger partial charge in [-0.25, -0.2) is 0 Å². The second kappa shape index (κ2) is 6.53. The van der Waals surface area contributed by atoms with Gasteiger partial charge in [-0.15, -0.1) is 0 Å². The van der Waals surface area contributed by atoms with E-state index in [1.54, 1.807) is 0 Å². The Morgan fingerprint density at radius 3 is 2.50 bits per heavy atom. The van der Waals surface area contributed by atoms with Crippen molar-refractivity contribution >= 4 is 5.91 Å². The van der Waals surface area contributed by atoms with E-state index >= 15 is 0 Å². The molecule has 104 valence electrons. The minimum Gasteiger partial charge on any atom is -0.356 e. The minimum atomic E-state index is 0.181. The molecule has 2 unspecified atom stereocenters. The topological polar surface area (TPSA) is 44.4 Å². The van der Waals surface area contributed by atoms with Crippen LogP contribution in [-0.4, -0.2) is 49.1 Å². The number of carbonyl (C=O) groups excluding carboxylic acids is 1. The van der Waals surface area contributed by atoms with Gasteiger partial charge in [-0.3, -0.25) is 4.79 Å². The van der Waals surface area contributed by atoms with Crippen LogP contribution in [0.5, 0.6) is 0 Å². The first kappa shape index (κ1) is 13.8. The molecule has 0 aromatic rings. The van der Waals surface area contributed by atoms with Crippen molar-refractivity contribution in [3.8, 4) is 0 Å². The molecule has 2 bridgehead atoms. The highest BCUT2D eigenvalue weighted by atomic mass is 16.1. The summed E-state index contributed by atoms with van der Waals surface area (Å²) in [7, 11) is 2.26. The Morgan fingerprint density at radius 1 is 1.22 bits per heavy atom. The molecular weight excluding hydrogens is 226 g/mol. The molecule has 2 aliphatic rings. The van der Waals surface area contributed by atoms with Crippen LogP contribution in [0.2, 0.25) is 0 Å². The molecule has 2 saturated heterocycles. The lowest BCUT2D eigenvalue weighted by molar-refractivity contribution is -0.121. The number of nitrogens with zero attached hydrogens (tertiary/aromatic N) is 1. The normalized spacial score (nSPS) is 31.6. The van der Waals surface area contributed by atoms with Crippen molar-refractivity contribution in [3.05, 3.63) is 0 Å². The maximum absolute atomic E-state index is 11.5. The van der Waals surface area contributed by atoms with Crippen molar-refractivity contribution in [2.45, 2.75) is 63.6 Å². The number of rotatable bonds is 6. The molecule has 2 aliphatic heterocycles. The summed E-state index contributed by atoms with van der Waals surface area (Å²) in [6.07, 6.45) is 6.85. The third-order valence-electron chi connectivity index (χ3n) is 4.46. The van der Waals surface area contributed by atoms with Crippen molar-refractivity contribution in [1.29, 1.82) is 0 Å². The highest BCUT2D eigenvalue weighted by Gasteiger charge is 2.37. The highest BCUT2D eigenvalue weighted by molar-refractivity contribution is 5.75. The number of piperidine rings is 1. The van der Waals surface area contributed by atoms with Gasteiger partial charge in [-0.2, -0.15) is 0 Å². The summed E-state index contributed by atoms with van der Waals surface area (Å²) in [4.78, 5) is 14.0. The van der Waals surface area contributed by atoms with E-state index in [9.17, 15) is 4.79 Å². The summed E-state index contributed by atoms with van der Waals surface area (Å²) in [6.45, 7) is 3.70. The Kier molecular flexibility index (Phi) is 5.01. The summed E-state index contributed by atoms with van der Waals surface area (Å²) >= 11 is 0. The summed E-state index contributed by atoms with van der Waals surface area (Å²) in [5, 5.41) is 6.48. The first-order valence-electron chi connectivity index (χ1n) is 7.42. The van der Waals surface area contributed by atoms with Crippen LogP contribution in [0, 0.1) is 0 Å². The van der Waals surface area contributed by atoms with Gasteiger partial charge in [0.1, 0.15) is 0 Å². The molecule has 0 spiro atoms. The molecule has 1 amide bonds. The van der Waals surface area contributed by atoms with E-state index in [-0.39, 0.29) is 5.91 Å². The van der Waals surface area contributed by atoms with Gasteiger partial charge in [0.25, 0.3) is 0 Å². The fourth-order valence-corrected chi connectivity index (χ4v) is 3.32. The zero-order valence-corrected chi connectivity index (χ0v) is 11.7. The van der Waals surface area contributed by atoms with E-state index < -0.39 is 0 Å². The van der Waals surface area contributed by atoms with Gasteiger partial charge >= 0.3 is 0 Å². The summed E-state index contributed by atoms with van der Waals surface area (Å²) in [5.41, 5.74) is 0. The van der Waals surface area contributed by atoms with Gasteiger partial charge in [0.05, 0.1) is 0 Å². The first-order chi connectivity index (χ1) is 8.70. The molecule has 0 radical (unpaired) electrons. The van der Waals surface area contributed by atoms with E-state index in [0.717, 1.165) is 31.6 Å². The Hall–Kier alpha value is -0.610. The Balaban J connectivity index is 1.62. The lowest BCUT2D eigenvalue weighted by Crippen LogP contribution is -2.47. The minimum absolute atomic E-state index is 0.181. The fraction of sp³-hybridized carbons (Fsp3) is 0.929. The van der Waals surface area contributed by atoms with Gasteiger partial charge < -0.3 is 15.5 Å². The zero-order valence-electron chi connectivity index (χ0n) is 11.7. The summed E-state index contributed by atoms with van der Waals surface area (Å²) in [5.74, 6) is 0.181. The molecule has 4 nitrogen and oxygen atoms in total. The molecule has 2 atom stereocenters. The van der Waals surface area contributed by atoms with Crippen LogP contribution < -0.4 is 10.6 Å². The average molecular weight is 253 g/mol. The fourth-order valence-electron chi connectivity index (χ4n) is 3.32. The van der Waals surface area contributed by atoms with Gasteiger partial charge in [0.15, 0.2) is 0 Å². The van der Waals surface area contributed by atoms with Crippen molar-refractivity contribution in [2.75, 3.05) is 20.1 Å². The third kappa shape index (κ3) is 3.45. The Bertz CT molecular complexity index is 268. The molecule has 0 aromatic carbocycles. The number of nitrogens with one attached hydrogen (secondary N) is 2. The van der Waals surface area contributed by atoms with Crippen LogP contribution >= 0.6 is 0 Å². The predicted molar refractivity (Wildman–Crippen MR) is 73.5 cm³/mol. The van der Waals surface area contributed by atoms with Crippen LogP contribution in [0.15, 0.2) is 0 Å². The van der Waals surface area contributed by atoms with Crippen LogP contribution in [0.25, 0.3) is 0 Å². The number of hydrogen-bond acceptors (Lipinski definition) is 3. The van der Waals surface area contributed by atoms with E-state index in [0.29, 0.717) is 12.5 Å². The lowest BCUT2D eigenvalue weighted by atomic mass is 9.98. The van der Waals surface area contributed by atoms with Crippen molar-refractivity contribution in [2.24, 2.45) is 0 Å². The maximum Gasteiger partial charge on any atom is 0.221 e. The second-order valence-electron chi connectivity index (χ2n) is 5.77. The zero-order chi connectivity index (χ0) is 13.0. The molecule has 4 heteroatoms. The molecule has 2 N–H and O–H groups in total. The molecule has 0 aliphatic carbocycles. The van der Waals surface area contributed by atoms with Gasteiger partial charge in [0.2, 0.25) is 5.91 Å². The second-order valence-corrected chi connectivity index (χ2v) is 5.77. The van der Waals surface area contributed by atoms with Crippen molar-refractivity contribution in [1.82, 2.24) is 15.5 Å². The average Bonchev–Trinajstić information content (AvgIpc) is 2.59. The molecule has 2 rings (SSSR count). The van der Waals surface area contributed by atoms with Gasteiger partial charge in [0, 0.05) is 37.6 Å². The van der Waals surface area contributed by atoms with Gasteiger partial charge in [-0.05, 0) is 39.2 Å². The molecule has 2 heterocycles. The van der Waals surface area contributed by atoms with E-state index in [4.69, 9.17) is 0 Å². The van der Waals surface area contributed by atoms with E-state index in [1.165, 1.54) is 25.7 Å². The number of hydrogen-bond donors (Lipinski definition) is 2. The maximum atomic E-state index is 11.5. The summed E-state index contributed by atoms with van der Waals surface area (Å²) < 4.78 is 0. The molecule has 0 saturated carbocycles.